The average molecular weight is 252 g/mol. The average Bonchev–Trinajstić information content (AvgIpc) is 2.35. The lowest BCUT2D eigenvalue weighted by atomic mass is 9.64. The van der Waals surface area contributed by atoms with Gasteiger partial charge in [-0.25, -0.2) is 0 Å². The van der Waals surface area contributed by atoms with Crippen LogP contribution < -0.4 is 0 Å². The van der Waals surface area contributed by atoms with Gasteiger partial charge in [0.15, 0.2) is 0 Å². The highest BCUT2D eigenvalue weighted by Gasteiger charge is 2.41. The minimum atomic E-state index is 0.575. The number of hydrogen-bond acceptors (Lipinski definition) is 1. The molecule has 0 aromatic rings. The molecule has 2 fully saturated rings. The Labute approximate surface area is 114 Å². The van der Waals surface area contributed by atoms with E-state index in [9.17, 15) is 0 Å². The van der Waals surface area contributed by atoms with E-state index in [1.54, 1.807) is 0 Å². The lowest BCUT2D eigenvalue weighted by Crippen LogP contribution is -2.43. The van der Waals surface area contributed by atoms with Gasteiger partial charge in [-0.1, -0.05) is 46.5 Å². The van der Waals surface area contributed by atoms with Crippen molar-refractivity contribution in [1.82, 2.24) is 0 Å². The van der Waals surface area contributed by atoms with Crippen LogP contribution in [0.3, 0.4) is 0 Å². The molecule has 1 saturated carbocycles. The minimum absolute atomic E-state index is 0.575. The summed E-state index contributed by atoms with van der Waals surface area (Å²) in [4.78, 5) is 0. The number of ether oxygens (including phenoxy) is 1. The number of rotatable bonds is 5. The van der Waals surface area contributed by atoms with Crippen LogP contribution >= 0.6 is 0 Å². The molecule has 106 valence electrons. The second-order valence-electron chi connectivity index (χ2n) is 7.20. The Kier molecular flexibility index (Phi) is 5.12. The van der Waals surface area contributed by atoms with Crippen LogP contribution in [0.4, 0.5) is 0 Å². The molecule has 2 aliphatic rings. The maximum Gasteiger partial charge on any atom is 0.0611 e. The number of fused-ring (bicyclic) bond motifs is 1. The molecule has 1 heteroatoms. The highest BCUT2D eigenvalue weighted by molar-refractivity contribution is 4.91. The van der Waals surface area contributed by atoms with Crippen LogP contribution in [0.25, 0.3) is 0 Å². The lowest BCUT2D eigenvalue weighted by Gasteiger charge is -2.47. The molecule has 1 heterocycles. The number of unbranched alkanes of at least 4 members (excludes halogenated alkanes) is 3. The molecule has 0 aromatic heterocycles. The molecule has 0 amide bonds. The standard InChI is InChI=1S/C17H32O/c1-4-5-6-7-10-17(3)11-8-15-14(2)9-12-18-16(15)13-17/h14-16H,4-13H2,1-3H3. The predicted molar refractivity (Wildman–Crippen MR) is 77.7 cm³/mol. The summed E-state index contributed by atoms with van der Waals surface area (Å²) in [6, 6.07) is 0. The van der Waals surface area contributed by atoms with Crippen LogP contribution in [-0.2, 0) is 4.74 Å². The molecule has 0 spiro atoms. The highest BCUT2D eigenvalue weighted by Crippen LogP contribution is 2.47. The Morgan fingerprint density at radius 3 is 2.78 bits per heavy atom. The van der Waals surface area contributed by atoms with Gasteiger partial charge in [-0.05, 0) is 49.4 Å². The summed E-state index contributed by atoms with van der Waals surface area (Å²) in [5.41, 5.74) is 0.575. The predicted octanol–water partition coefficient (Wildman–Crippen LogP) is 5.19. The quantitative estimate of drug-likeness (QED) is 0.612. The Morgan fingerprint density at radius 1 is 1.17 bits per heavy atom. The van der Waals surface area contributed by atoms with Gasteiger partial charge < -0.3 is 4.74 Å². The van der Waals surface area contributed by atoms with Gasteiger partial charge in [-0.2, -0.15) is 0 Å². The van der Waals surface area contributed by atoms with Crippen LogP contribution in [0.2, 0.25) is 0 Å². The molecule has 4 unspecified atom stereocenters. The van der Waals surface area contributed by atoms with Crippen molar-refractivity contribution >= 4 is 0 Å². The van der Waals surface area contributed by atoms with Gasteiger partial charge in [0.25, 0.3) is 0 Å². The van der Waals surface area contributed by atoms with E-state index in [0.29, 0.717) is 11.5 Å². The molecule has 1 aliphatic carbocycles. The fourth-order valence-corrected chi connectivity index (χ4v) is 4.10. The Bertz CT molecular complexity index is 250. The summed E-state index contributed by atoms with van der Waals surface area (Å²) in [7, 11) is 0. The Balaban J connectivity index is 1.81. The molecule has 4 atom stereocenters. The van der Waals surface area contributed by atoms with Crippen LogP contribution in [0.1, 0.15) is 78.6 Å². The zero-order chi connectivity index (χ0) is 13.0. The van der Waals surface area contributed by atoms with Gasteiger partial charge >= 0.3 is 0 Å². The van der Waals surface area contributed by atoms with E-state index in [0.717, 1.165) is 18.4 Å². The monoisotopic (exact) mass is 252 g/mol. The first-order chi connectivity index (χ1) is 8.64. The van der Waals surface area contributed by atoms with E-state index in [1.807, 2.05) is 0 Å². The van der Waals surface area contributed by atoms with Gasteiger partial charge in [0.1, 0.15) is 0 Å². The summed E-state index contributed by atoms with van der Waals surface area (Å²) in [5, 5.41) is 0. The first-order valence-corrected chi connectivity index (χ1v) is 8.26. The maximum atomic E-state index is 6.08. The van der Waals surface area contributed by atoms with Crippen LogP contribution in [0.15, 0.2) is 0 Å². The Morgan fingerprint density at radius 2 is 2.00 bits per heavy atom. The highest BCUT2D eigenvalue weighted by atomic mass is 16.5. The molecular weight excluding hydrogens is 220 g/mol. The van der Waals surface area contributed by atoms with Crippen LogP contribution in [-0.4, -0.2) is 12.7 Å². The summed E-state index contributed by atoms with van der Waals surface area (Å²) in [5.74, 6) is 1.76. The first kappa shape index (κ1) is 14.4. The molecule has 1 nitrogen and oxygen atoms in total. The van der Waals surface area contributed by atoms with E-state index in [4.69, 9.17) is 4.74 Å². The summed E-state index contributed by atoms with van der Waals surface area (Å²) >= 11 is 0. The van der Waals surface area contributed by atoms with E-state index >= 15 is 0 Å². The molecule has 2 rings (SSSR count). The van der Waals surface area contributed by atoms with E-state index < -0.39 is 0 Å². The van der Waals surface area contributed by atoms with Crippen molar-refractivity contribution in [3.63, 3.8) is 0 Å². The van der Waals surface area contributed by atoms with Gasteiger partial charge in [0, 0.05) is 6.61 Å². The van der Waals surface area contributed by atoms with Crippen molar-refractivity contribution in [2.45, 2.75) is 84.7 Å². The molecule has 1 aliphatic heterocycles. The van der Waals surface area contributed by atoms with Crippen molar-refractivity contribution in [1.29, 1.82) is 0 Å². The summed E-state index contributed by atoms with van der Waals surface area (Å²) in [6.07, 6.45) is 13.1. The van der Waals surface area contributed by atoms with Crippen molar-refractivity contribution in [3.8, 4) is 0 Å². The largest absolute Gasteiger partial charge is 0.378 e. The third-order valence-electron chi connectivity index (χ3n) is 5.52. The lowest BCUT2D eigenvalue weighted by molar-refractivity contribution is -0.103. The van der Waals surface area contributed by atoms with E-state index in [1.165, 1.54) is 57.8 Å². The van der Waals surface area contributed by atoms with Crippen molar-refractivity contribution in [2.24, 2.45) is 17.3 Å². The Hall–Kier alpha value is -0.0400. The second-order valence-corrected chi connectivity index (χ2v) is 7.20. The summed E-state index contributed by atoms with van der Waals surface area (Å²) in [6.45, 7) is 8.25. The molecule has 0 N–H and O–H groups in total. The minimum Gasteiger partial charge on any atom is -0.378 e. The SMILES string of the molecule is CCCCCCC1(C)CCC2C(C)CCOC2C1. The van der Waals surface area contributed by atoms with Crippen molar-refractivity contribution < 1.29 is 4.74 Å². The first-order valence-electron chi connectivity index (χ1n) is 8.26. The normalized spacial score (nSPS) is 40.5. The molecule has 0 aromatic carbocycles. The molecule has 1 saturated heterocycles. The van der Waals surface area contributed by atoms with Gasteiger partial charge in [-0.15, -0.1) is 0 Å². The maximum absolute atomic E-state index is 6.08. The molecular formula is C17H32O. The van der Waals surface area contributed by atoms with Gasteiger partial charge in [-0.3, -0.25) is 0 Å². The zero-order valence-electron chi connectivity index (χ0n) is 12.7. The fraction of sp³-hybridized carbons (Fsp3) is 1.00. The third-order valence-corrected chi connectivity index (χ3v) is 5.52. The molecule has 0 bridgehead atoms. The smallest absolute Gasteiger partial charge is 0.0611 e. The van der Waals surface area contributed by atoms with Gasteiger partial charge in [0.05, 0.1) is 6.10 Å². The third kappa shape index (κ3) is 3.50. The van der Waals surface area contributed by atoms with Crippen LogP contribution in [0.5, 0.6) is 0 Å². The number of hydrogen-bond donors (Lipinski definition) is 0. The topological polar surface area (TPSA) is 9.23 Å². The van der Waals surface area contributed by atoms with Crippen LogP contribution in [0, 0.1) is 17.3 Å². The summed E-state index contributed by atoms with van der Waals surface area (Å²) < 4.78 is 6.08. The second kappa shape index (κ2) is 6.41. The molecule has 0 radical (unpaired) electrons. The van der Waals surface area contributed by atoms with Crippen molar-refractivity contribution in [3.05, 3.63) is 0 Å². The zero-order valence-corrected chi connectivity index (χ0v) is 12.7. The van der Waals surface area contributed by atoms with E-state index in [-0.39, 0.29) is 0 Å². The van der Waals surface area contributed by atoms with E-state index in [2.05, 4.69) is 20.8 Å². The van der Waals surface area contributed by atoms with Gasteiger partial charge in [0.2, 0.25) is 0 Å². The fourth-order valence-electron chi connectivity index (χ4n) is 4.10. The molecule has 18 heavy (non-hydrogen) atoms. The van der Waals surface area contributed by atoms with Crippen molar-refractivity contribution in [2.75, 3.05) is 6.61 Å².